The summed E-state index contributed by atoms with van der Waals surface area (Å²) >= 11 is 0. The van der Waals surface area contributed by atoms with Crippen LogP contribution < -0.4 is 0 Å². The molecular weight excluding hydrogens is 246 g/mol. The third kappa shape index (κ3) is 2.30. The van der Waals surface area contributed by atoms with Crippen LogP contribution in [0.2, 0.25) is 0 Å². The van der Waals surface area contributed by atoms with Crippen LogP contribution in [0.15, 0.2) is 0 Å². The van der Waals surface area contributed by atoms with Gasteiger partial charge in [-0.15, -0.1) is 0 Å². The van der Waals surface area contributed by atoms with E-state index in [4.69, 9.17) is 5.26 Å². The Labute approximate surface area is 109 Å². The summed E-state index contributed by atoms with van der Waals surface area (Å²) in [5, 5.41) is 8.54. The van der Waals surface area contributed by atoms with Crippen molar-refractivity contribution >= 4 is 9.84 Å². The molecule has 0 aliphatic heterocycles. The molecule has 4 heteroatoms. The third-order valence-corrected chi connectivity index (χ3v) is 7.09. The number of nitrogens with zero attached hydrogens (tertiary/aromatic N) is 1. The van der Waals surface area contributed by atoms with Crippen molar-refractivity contribution in [2.24, 2.45) is 23.2 Å². The van der Waals surface area contributed by atoms with E-state index in [1.54, 1.807) is 0 Å². The number of hydrogen-bond acceptors (Lipinski definition) is 3. The standard InChI is InChI=1S/C14H21NO2S/c15-2-1-3-18(16,17)10-14-7-11-4-12(8-14)6-13(5-11)9-14/h11-13H,1,3-10H2. The lowest BCUT2D eigenvalue weighted by molar-refractivity contribution is -0.0390. The predicted molar refractivity (Wildman–Crippen MR) is 69.5 cm³/mol. The monoisotopic (exact) mass is 267 g/mol. The minimum Gasteiger partial charge on any atom is -0.229 e. The largest absolute Gasteiger partial charge is 0.229 e. The second-order valence-corrected chi connectivity index (χ2v) is 9.10. The Kier molecular flexibility index (Phi) is 2.93. The summed E-state index contributed by atoms with van der Waals surface area (Å²) in [6.45, 7) is 0. The molecule has 4 fully saturated rings. The van der Waals surface area contributed by atoms with Crippen molar-refractivity contribution < 1.29 is 8.42 Å². The highest BCUT2D eigenvalue weighted by atomic mass is 32.2. The zero-order chi connectivity index (χ0) is 12.8. The molecule has 0 radical (unpaired) electrons. The Morgan fingerprint density at radius 3 is 2.00 bits per heavy atom. The summed E-state index contributed by atoms with van der Waals surface area (Å²) in [5.74, 6) is 2.79. The first-order chi connectivity index (χ1) is 8.50. The van der Waals surface area contributed by atoms with E-state index in [0.717, 1.165) is 37.0 Å². The van der Waals surface area contributed by atoms with E-state index >= 15 is 0 Å². The maximum Gasteiger partial charge on any atom is 0.151 e. The predicted octanol–water partition coefficient (Wildman–Crippen LogP) is 2.53. The molecule has 0 heterocycles. The zero-order valence-electron chi connectivity index (χ0n) is 10.8. The van der Waals surface area contributed by atoms with Crippen molar-refractivity contribution in [3.8, 4) is 6.07 Å². The SMILES string of the molecule is N#CCCS(=O)(=O)CC12CC3CC(CC(C3)C1)C2. The molecule has 0 N–H and O–H groups in total. The van der Waals surface area contributed by atoms with Gasteiger partial charge in [0.2, 0.25) is 0 Å². The van der Waals surface area contributed by atoms with E-state index in [-0.39, 0.29) is 17.6 Å². The molecular formula is C14H21NO2S. The van der Waals surface area contributed by atoms with E-state index in [2.05, 4.69) is 0 Å². The summed E-state index contributed by atoms with van der Waals surface area (Å²) in [5.41, 5.74) is 0.0863. The van der Waals surface area contributed by atoms with Crippen LogP contribution in [-0.4, -0.2) is 19.9 Å². The van der Waals surface area contributed by atoms with Gasteiger partial charge in [-0.05, 0) is 61.7 Å². The second kappa shape index (κ2) is 4.23. The molecule has 4 bridgehead atoms. The van der Waals surface area contributed by atoms with Crippen LogP contribution in [0.5, 0.6) is 0 Å². The summed E-state index contributed by atoms with van der Waals surface area (Å²) in [7, 11) is -3.03. The van der Waals surface area contributed by atoms with Crippen molar-refractivity contribution in [2.75, 3.05) is 11.5 Å². The average Bonchev–Trinajstić information content (AvgIpc) is 2.22. The average molecular weight is 267 g/mol. The first kappa shape index (κ1) is 12.5. The molecule has 0 aromatic carbocycles. The van der Waals surface area contributed by atoms with E-state index < -0.39 is 9.84 Å². The van der Waals surface area contributed by atoms with Crippen molar-refractivity contribution in [3.63, 3.8) is 0 Å². The first-order valence-corrected chi connectivity index (χ1v) is 8.90. The van der Waals surface area contributed by atoms with Crippen LogP contribution in [0.3, 0.4) is 0 Å². The van der Waals surface area contributed by atoms with Crippen LogP contribution in [0.4, 0.5) is 0 Å². The third-order valence-electron chi connectivity index (χ3n) is 5.22. The molecule has 4 aliphatic rings. The number of sulfone groups is 1. The van der Waals surface area contributed by atoms with E-state index in [9.17, 15) is 8.42 Å². The molecule has 4 saturated carbocycles. The minimum atomic E-state index is -3.03. The van der Waals surface area contributed by atoms with Crippen molar-refractivity contribution in [2.45, 2.75) is 44.9 Å². The Balaban J connectivity index is 1.74. The molecule has 0 unspecified atom stereocenters. The summed E-state index contributed by atoms with van der Waals surface area (Å²) in [4.78, 5) is 0. The fourth-order valence-corrected chi connectivity index (χ4v) is 7.04. The van der Waals surface area contributed by atoms with Crippen molar-refractivity contribution in [1.82, 2.24) is 0 Å². The number of nitriles is 1. The van der Waals surface area contributed by atoms with Crippen LogP contribution >= 0.6 is 0 Å². The zero-order valence-corrected chi connectivity index (χ0v) is 11.6. The van der Waals surface area contributed by atoms with Crippen molar-refractivity contribution in [1.29, 1.82) is 5.26 Å². The highest BCUT2D eigenvalue weighted by Crippen LogP contribution is 2.60. The maximum absolute atomic E-state index is 12.1. The lowest BCUT2D eigenvalue weighted by Gasteiger charge is -2.56. The lowest BCUT2D eigenvalue weighted by atomic mass is 9.50. The van der Waals surface area contributed by atoms with E-state index in [1.807, 2.05) is 6.07 Å². The van der Waals surface area contributed by atoms with Crippen LogP contribution in [0, 0.1) is 34.5 Å². The molecule has 0 spiro atoms. The highest BCUT2D eigenvalue weighted by molar-refractivity contribution is 7.91. The molecule has 0 atom stereocenters. The molecule has 0 aromatic rings. The van der Waals surface area contributed by atoms with Gasteiger partial charge in [-0.25, -0.2) is 8.42 Å². The topological polar surface area (TPSA) is 57.9 Å². The van der Waals surface area contributed by atoms with Gasteiger partial charge in [-0.1, -0.05) is 0 Å². The Bertz CT molecular complexity index is 439. The first-order valence-electron chi connectivity index (χ1n) is 7.08. The number of hydrogen-bond donors (Lipinski definition) is 0. The second-order valence-electron chi connectivity index (χ2n) is 6.92. The van der Waals surface area contributed by atoms with Gasteiger partial charge in [-0.3, -0.25) is 0 Å². The fourth-order valence-electron chi connectivity index (χ4n) is 5.21. The molecule has 4 aliphatic carbocycles. The molecule has 4 rings (SSSR count). The van der Waals surface area contributed by atoms with Gasteiger partial charge < -0.3 is 0 Å². The molecule has 0 saturated heterocycles. The van der Waals surface area contributed by atoms with Gasteiger partial charge in [0.15, 0.2) is 9.84 Å². The van der Waals surface area contributed by atoms with Gasteiger partial charge >= 0.3 is 0 Å². The van der Waals surface area contributed by atoms with Gasteiger partial charge in [-0.2, -0.15) is 5.26 Å². The molecule has 18 heavy (non-hydrogen) atoms. The van der Waals surface area contributed by atoms with Gasteiger partial charge in [0.25, 0.3) is 0 Å². The Hall–Kier alpha value is -0.560. The molecule has 100 valence electrons. The highest BCUT2D eigenvalue weighted by Gasteiger charge is 2.52. The maximum atomic E-state index is 12.1. The van der Waals surface area contributed by atoms with Crippen LogP contribution in [0.25, 0.3) is 0 Å². The smallest absolute Gasteiger partial charge is 0.151 e. The molecule has 3 nitrogen and oxygen atoms in total. The summed E-state index contributed by atoms with van der Waals surface area (Å²) in [6, 6.07) is 1.95. The number of rotatable bonds is 4. The Morgan fingerprint density at radius 2 is 1.56 bits per heavy atom. The molecule has 0 amide bonds. The van der Waals surface area contributed by atoms with Crippen LogP contribution in [0.1, 0.15) is 44.9 Å². The fraction of sp³-hybridized carbons (Fsp3) is 0.929. The van der Waals surface area contributed by atoms with E-state index in [0.29, 0.717) is 5.75 Å². The quantitative estimate of drug-likeness (QED) is 0.786. The lowest BCUT2D eigenvalue weighted by Crippen LogP contribution is -2.49. The summed E-state index contributed by atoms with van der Waals surface area (Å²) < 4.78 is 24.2. The van der Waals surface area contributed by atoms with E-state index in [1.165, 1.54) is 19.3 Å². The molecule has 0 aromatic heterocycles. The van der Waals surface area contributed by atoms with Crippen molar-refractivity contribution in [3.05, 3.63) is 0 Å². The normalized spacial score (nSPS) is 41.8. The minimum absolute atomic E-state index is 0.0608. The van der Waals surface area contributed by atoms with Crippen LogP contribution in [-0.2, 0) is 9.84 Å². The van der Waals surface area contributed by atoms with Gasteiger partial charge in [0.05, 0.1) is 17.6 Å². The Morgan fingerprint density at radius 1 is 1.06 bits per heavy atom. The summed E-state index contributed by atoms with van der Waals surface area (Å²) in [6.07, 6.45) is 7.57. The van der Waals surface area contributed by atoms with Gasteiger partial charge in [0, 0.05) is 6.42 Å². The van der Waals surface area contributed by atoms with Gasteiger partial charge in [0.1, 0.15) is 0 Å².